The van der Waals surface area contributed by atoms with E-state index >= 15 is 0 Å². The van der Waals surface area contributed by atoms with Gasteiger partial charge in [-0.2, -0.15) is 5.10 Å². The van der Waals surface area contributed by atoms with Gasteiger partial charge in [-0.25, -0.2) is 5.43 Å². The Hall–Kier alpha value is -3.62. The molecule has 0 fully saturated rings. The standard InChI is InChI=1S/C22H18ClN3O4S/c1-30-15-8-9-20(27)14(11-15)13-24-26-22(29)19(12-16-5-4-10-31-16)25-21(28)17-6-2-3-7-18(17)23/h2-13,27H,1H3,(H,25,28)(H,26,29)/b19-12+,24-13+. The van der Waals surface area contributed by atoms with E-state index in [1.807, 2.05) is 11.4 Å². The van der Waals surface area contributed by atoms with Crippen molar-refractivity contribution in [3.8, 4) is 11.5 Å². The number of ether oxygens (including phenoxy) is 1. The molecular formula is C22H18ClN3O4S. The number of carbonyl (C=O) groups is 2. The molecule has 1 heterocycles. The lowest BCUT2D eigenvalue weighted by atomic mass is 10.2. The first-order valence-electron chi connectivity index (χ1n) is 8.99. The molecule has 31 heavy (non-hydrogen) atoms. The summed E-state index contributed by atoms with van der Waals surface area (Å²) in [7, 11) is 1.50. The number of phenolic OH excluding ortho intramolecular Hbond substituents is 1. The molecule has 9 heteroatoms. The van der Waals surface area contributed by atoms with Crippen LogP contribution in [0.15, 0.2) is 70.8 Å². The Bertz CT molecular complexity index is 1140. The monoisotopic (exact) mass is 455 g/mol. The van der Waals surface area contributed by atoms with Crippen molar-refractivity contribution in [2.75, 3.05) is 7.11 Å². The Morgan fingerprint density at radius 3 is 2.68 bits per heavy atom. The fourth-order valence-corrected chi connectivity index (χ4v) is 3.37. The number of carbonyl (C=O) groups excluding carboxylic acids is 2. The van der Waals surface area contributed by atoms with Gasteiger partial charge in [-0.3, -0.25) is 9.59 Å². The molecule has 0 saturated heterocycles. The molecular weight excluding hydrogens is 438 g/mol. The Kier molecular flexibility index (Phi) is 7.42. The van der Waals surface area contributed by atoms with E-state index in [-0.39, 0.29) is 22.0 Å². The van der Waals surface area contributed by atoms with Crippen molar-refractivity contribution >= 4 is 47.0 Å². The SMILES string of the molecule is COc1ccc(O)c(/C=N/NC(=O)/C(=C\c2cccs2)NC(=O)c2ccccc2Cl)c1. The third-order valence-electron chi connectivity index (χ3n) is 4.05. The maximum Gasteiger partial charge on any atom is 0.287 e. The summed E-state index contributed by atoms with van der Waals surface area (Å²) in [6.45, 7) is 0. The molecule has 0 atom stereocenters. The number of benzene rings is 2. The van der Waals surface area contributed by atoms with Crippen molar-refractivity contribution in [1.82, 2.24) is 10.7 Å². The molecule has 2 aromatic carbocycles. The predicted octanol–water partition coefficient (Wildman–Crippen LogP) is 4.04. The van der Waals surface area contributed by atoms with Crippen LogP contribution in [-0.2, 0) is 4.79 Å². The number of amides is 2. The lowest BCUT2D eigenvalue weighted by Gasteiger charge is -2.09. The Labute approximate surface area is 187 Å². The molecule has 2 amide bonds. The van der Waals surface area contributed by atoms with Gasteiger partial charge in [0, 0.05) is 10.4 Å². The summed E-state index contributed by atoms with van der Waals surface area (Å²) in [5.41, 5.74) is 2.92. The highest BCUT2D eigenvalue weighted by Crippen LogP contribution is 2.21. The molecule has 0 radical (unpaired) electrons. The molecule has 0 saturated carbocycles. The molecule has 1 aromatic heterocycles. The van der Waals surface area contributed by atoms with Crippen LogP contribution < -0.4 is 15.5 Å². The van der Waals surface area contributed by atoms with Crippen molar-refractivity contribution in [2.24, 2.45) is 5.10 Å². The van der Waals surface area contributed by atoms with Gasteiger partial charge in [-0.15, -0.1) is 11.3 Å². The third-order valence-corrected chi connectivity index (χ3v) is 5.19. The van der Waals surface area contributed by atoms with Gasteiger partial charge in [-0.05, 0) is 47.9 Å². The third kappa shape index (κ3) is 5.94. The van der Waals surface area contributed by atoms with Crippen molar-refractivity contribution in [3.05, 3.63) is 86.7 Å². The van der Waals surface area contributed by atoms with Crippen LogP contribution in [0.25, 0.3) is 6.08 Å². The fraction of sp³-hybridized carbons (Fsp3) is 0.0455. The molecule has 7 nitrogen and oxygen atoms in total. The lowest BCUT2D eigenvalue weighted by molar-refractivity contribution is -0.117. The lowest BCUT2D eigenvalue weighted by Crippen LogP contribution is -2.32. The zero-order valence-electron chi connectivity index (χ0n) is 16.3. The minimum atomic E-state index is -0.646. The first-order valence-corrected chi connectivity index (χ1v) is 10.2. The van der Waals surface area contributed by atoms with E-state index in [4.69, 9.17) is 16.3 Å². The van der Waals surface area contributed by atoms with Crippen LogP contribution in [0, 0.1) is 0 Å². The van der Waals surface area contributed by atoms with E-state index in [2.05, 4.69) is 15.8 Å². The molecule has 3 N–H and O–H groups in total. The van der Waals surface area contributed by atoms with Crippen molar-refractivity contribution < 1.29 is 19.4 Å². The van der Waals surface area contributed by atoms with Crippen LogP contribution in [0.4, 0.5) is 0 Å². The molecule has 0 unspecified atom stereocenters. The molecule has 3 aromatic rings. The molecule has 3 rings (SSSR count). The van der Waals surface area contributed by atoms with E-state index in [1.165, 1.54) is 36.8 Å². The summed E-state index contributed by atoms with van der Waals surface area (Å²) in [5, 5.41) is 18.5. The minimum Gasteiger partial charge on any atom is -0.507 e. The zero-order chi connectivity index (χ0) is 22.2. The molecule has 0 bridgehead atoms. The smallest absolute Gasteiger partial charge is 0.287 e. The normalized spacial score (nSPS) is 11.4. The Morgan fingerprint density at radius 2 is 1.97 bits per heavy atom. The largest absolute Gasteiger partial charge is 0.507 e. The van der Waals surface area contributed by atoms with Gasteiger partial charge in [0.25, 0.3) is 11.8 Å². The second kappa shape index (κ2) is 10.4. The zero-order valence-corrected chi connectivity index (χ0v) is 17.9. The van der Waals surface area contributed by atoms with Crippen LogP contribution >= 0.6 is 22.9 Å². The highest BCUT2D eigenvalue weighted by Gasteiger charge is 2.16. The molecule has 0 spiro atoms. The maximum absolute atomic E-state index is 12.7. The first kappa shape index (κ1) is 22.1. The second-order valence-electron chi connectivity index (χ2n) is 6.13. The topological polar surface area (TPSA) is 100 Å². The van der Waals surface area contributed by atoms with E-state index in [9.17, 15) is 14.7 Å². The summed E-state index contributed by atoms with van der Waals surface area (Å²) in [6.07, 6.45) is 2.81. The first-order chi connectivity index (χ1) is 15.0. The van der Waals surface area contributed by atoms with E-state index in [0.717, 1.165) is 4.88 Å². The van der Waals surface area contributed by atoms with Crippen molar-refractivity contribution in [2.45, 2.75) is 0 Å². The highest BCUT2D eigenvalue weighted by molar-refractivity contribution is 7.10. The van der Waals surface area contributed by atoms with Crippen molar-refractivity contribution in [3.63, 3.8) is 0 Å². The average Bonchev–Trinajstić information content (AvgIpc) is 3.28. The quantitative estimate of drug-likeness (QED) is 0.284. The number of hydrogen-bond acceptors (Lipinski definition) is 6. The number of rotatable bonds is 7. The van der Waals surface area contributed by atoms with Gasteiger partial charge >= 0.3 is 0 Å². The summed E-state index contributed by atoms with van der Waals surface area (Å²) < 4.78 is 5.10. The van der Waals surface area contributed by atoms with Gasteiger partial charge in [0.1, 0.15) is 17.2 Å². The average molecular weight is 456 g/mol. The Balaban J connectivity index is 1.79. The van der Waals surface area contributed by atoms with Crippen LogP contribution in [-0.4, -0.2) is 30.2 Å². The van der Waals surface area contributed by atoms with Crippen LogP contribution in [0.1, 0.15) is 20.8 Å². The Morgan fingerprint density at radius 1 is 1.16 bits per heavy atom. The van der Waals surface area contributed by atoms with Gasteiger partial charge in [-0.1, -0.05) is 29.8 Å². The van der Waals surface area contributed by atoms with E-state index in [1.54, 1.807) is 42.5 Å². The molecule has 158 valence electrons. The number of aromatic hydroxyl groups is 1. The van der Waals surface area contributed by atoms with Crippen LogP contribution in [0.2, 0.25) is 5.02 Å². The number of nitrogens with zero attached hydrogens (tertiary/aromatic N) is 1. The van der Waals surface area contributed by atoms with Gasteiger partial charge in [0.05, 0.1) is 23.9 Å². The molecule has 0 aliphatic rings. The summed E-state index contributed by atoms with van der Waals surface area (Å²) in [6, 6.07) is 14.8. The highest BCUT2D eigenvalue weighted by atomic mass is 35.5. The second-order valence-corrected chi connectivity index (χ2v) is 7.52. The van der Waals surface area contributed by atoms with Crippen LogP contribution in [0.5, 0.6) is 11.5 Å². The van der Waals surface area contributed by atoms with Gasteiger partial charge < -0.3 is 15.2 Å². The molecule has 0 aliphatic carbocycles. The molecule has 0 aliphatic heterocycles. The number of phenols is 1. The number of hydrazone groups is 1. The van der Waals surface area contributed by atoms with E-state index < -0.39 is 11.8 Å². The fourth-order valence-electron chi connectivity index (χ4n) is 2.49. The van der Waals surface area contributed by atoms with Gasteiger partial charge in [0.15, 0.2) is 0 Å². The number of hydrogen-bond donors (Lipinski definition) is 3. The summed E-state index contributed by atoms with van der Waals surface area (Å²) in [4.78, 5) is 26.1. The number of thiophene rings is 1. The minimum absolute atomic E-state index is 0.0145. The van der Waals surface area contributed by atoms with Crippen molar-refractivity contribution in [1.29, 1.82) is 0 Å². The number of methoxy groups -OCH3 is 1. The predicted molar refractivity (Wildman–Crippen MR) is 122 cm³/mol. The summed E-state index contributed by atoms with van der Waals surface area (Å²) >= 11 is 7.48. The summed E-state index contributed by atoms with van der Waals surface area (Å²) in [5.74, 6) is -0.679. The van der Waals surface area contributed by atoms with Crippen LogP contribution in [0.3, 0.4) is 0 Å². The van der Waals surface area contributed by atoms with E-state index in [0.29, 0.717) is 11.3 Å². The number of nitrogens with one attached hydrogen (secondary N) is 2. The number of halogens is 1. The maximum atomic E-state index is 12.7. The van der Waals surface area contributed by atoms with Gasteiger partial charge in [0.2, 0.25) is 0 Å².